The molecule has 0 N–H and O–H groups in total. The van der Waals surface area contributed by atoms with Crippen molar-refractivity contribution < 1.29 is 4.92 Å². The highest BCUT2D eigenvalue weighted by molar-refractivity contribution is 6.29. The molecule has 0 radical (unpaired) electrons. The van der Waals surface area contributed by atoms with Crippen LogP contribution in [0.1, 0.15) is 26.3 Å². The SMILES string of the molecule is CC1=NN=C(C)C1=C(C)c1ccccc1[N+](=O)[O-]. The zero-order chi connectivity index (χ0) is 13.3. The van der Waals surface area contributed by atoms with E-state index in [4.69, 9.17) is 0 Å². The van der Waals surface area contributed by atoms with E-state index in [1.165, 1.54) is 6.07 Å². The molecule has 0 saturated heterocycles. The van der Waals surface area contributed by atoms with Gasteiger partial charge in [-0.3, -0.25) is 10.1 Å². The summed E-state index contributed by atoms with van der Waals surface area (Å²) < 4.78 is 0. The summed E-state index contributed by atoms with van der Waals surface area (Å²) in [5, 5.41) is 19.0. The predicted octanol–water partition coefficient (Wildman–Crippen LogP) is 3.22. The van der Waals surface area contributed by atoms with E-state index in [0.29, 0.717) is 5.56 Å². The Labute approximate surface area is 105 Å². The number of nitro benzene ring substituents is 1. The van der Waals surface area contributed by atoms with Crippen molar-refractivity contribution in [3.05, 3.63) is 45.5 Å². The minimum Gasteiger partial charge on any atom is -0.258 e. The summed E-state index contributed by atoms with van der Waals surface area (Å²) in [6, 6.07) is 6.71. The first-order valence-electron chi connectivity index (χ1n) is 5.56. The molecule has 0 bridgehead atoms. The van der Waals surface area contributed by atoms with Gasteiger partial charge in [-0.05, 0) is 32.4 Å². The molecule has 0 amide bonds. The lowest BCUT2D eigenvalue weighted by molar-refractivity contribution is -0.385. The van der Waals surface area contributed by atoms with E-state index in [2.05, 4.69) is 10.2 Å². The largest absolute Gasteiger partial charge is 0.276 e. The predicted molar refractivity (Wildman–Crippen MR) is 71.9 cm³/mol. The quantitative estimate of drug-likeness (QED) is 0.591. The molecule has 0 atom stereocenters. The summed E-state index contributed by atoms with van der Waals surface area (Å²) in [6.45, 7) is 5.57. The van der Waals surface area contributed by atoms with Gasteiger partial charge < -0.3 is 0 Å². The Morgan fingerprint density at radius 3 is 2.28 bits per heavy atom. The molecule has 1 aliphatic heterocycles. The van der Waals surface area contributed by atoms with Gasteiger partial charge >= 0.3 is 0 Å². The molecule has 1 aromatic carbocycles. The molecule has 0 unspecified atom stereocenters. The van der Waals surface area contributed by atoms with Crippen LogP contribution in [-0.2, 0) is 0 Å². The topological polar surface area (TPSA) is 67.9 Å². The van der Waals surface area contributed by atoms with Crippen molar-refractivity contribution in [2.24, 2.45) is 10.2 Å². The number of benzene rings is 1. The molecule has 0 fully saturated rings. The Bertz CT molecular complexity index is 592. The first-order chi connectivity index (χ1) is 8.52. The van der Waals surface area contributed by atoms with E-state index < -0.39 is 0 Å². The van der Waals surface area contributed by atoms with Crippen LogP contribution < -0.4 is 0 Å². The van der Waals surface area contributed by atoms with Crippen molar-refractivity contribution in [2.75, 3.05) is 0 Å². The van der Waals surface area contributed by atoms with Crippen molar-refractivity contribution in [3.63, 3.8) is 0 Å². The van der Waals surface area contributed by atoms with Crippen LogP contribution in [0.4, 0.5) is 5.69 Å². The standard InChI is InChI=1S/C13H13N3O2/c1-8(13-9(2)14-15-10(13)3)11-6-4-5-7-12(11)16(17)18/h4-7H,1-3H3. The van der Waals surface area contributed by atoms with Gasteiger partial charge in [0.1, 0.15) is 0 Å². The Balaban J connectivity index is 2.63. The molecule has 92 valence electrons. The summed E-state index contributed by atoms with van der Waals surface area (Å²) >= 11 is 0. The van der Waals surface area contributed by atoms with Crippen LogP contribution >= 0.6 is 0 Å². The molecule has 5 nitrogen and oxygen atoms in total. The third-order valence-corrected chi connectivity index (χ3v) is 2.95. The van der Waals surface area contributed by atoms with Gasteiger partial charge in [-0.2, -0.15) is 10.2 Å². The van der Waals surface area contributed by atoms with Gasteiger partial charge in [0, 0.05) is 11.6 Å². The average molecular weight is 243 g/mol. The summed E-state index contributed by atoms with van der Waals surface area (Å²) in [4.78, 5) is 10.7. The lowest BCUT2D eigenvalue weighted by atomic mass is 9.95. The Morgan fingerprint density at radius 1 is 1.17 bits per heavy atom. The zero-order valence-electron chi connectivity index (χ0n) is 10.5. The number of hydrogen-bond donors (Lipinski definition) is 0. The maximum atomic E-state index is 11.0. The van der Waals surface area contributed by atoms with Gasteiger partial charge in [0.25, 0.3) is 5.69 Å². The van der Waals surface area contributed by atoms with Crippen molar-refractivity contribution in [1.29, 1.82) is 0 Å². The second kappa shape index (κ2) is 4.52. The third-order valence-electron chi connectivity index (χ3n) is 2.95. The molecule has 18 heavy (non-hydrogen) atoms. The molecular formula is C13H13N3O2. The molecule has 1 heterocycles. The van der Waals surface area contributed by atoms with Crippen molar-refractivity contribution in [1.82, 2.24) is 0 Å². The van der Waals surface area contributed by atoms with E-state index in [9.17, 15) is 10.1 Å². The molecule has 0 aliphatic carbocycles. The Hall–Kier alpha value is -2.30. The van der Waals surface area contributed by atoms with Crippen LogP contribution in [0.5, 0.6) is 0 Å². The summed E-state index contributed by atoms with van der Waals surface area (Å²) in [5.74, 6) is 0. The first kappa shape index (κ1) is 12.2. The van der Waals surface area contributed by atoms with Crippen molar-refractivity contribution >= 4 is 22.7 Å². The smallest absolute Gasteiger partial charge is 0.258 e. The van der Waals surface area contributed by atoms with Crippen LogP contribution in [0.25, 0.3) is 5.57 Å². The molecule has 0 spiro atoms. The normalized spacial score (nSPS) is 14.3. The van der Waals surface area contributed by atoms with Gasteiger partial charge in [-0.1, -0.05) is 12.1 Å². The van der Waals surface area contributed by atoms with Gasteiger partial charge in [0.05, 0.1) is 21.9 Å². The van der Waals surface area contributed by atoms with Crippen LogP contribution in [0.3, 0.4) is 0 Å². The maximum Gasteiger partial charge on any atom is 0.276 e. The lowest BCUT2D eigenvalue weighted by Crippen LogP contribution is -2.05. The fourth-order valence-corrected chi connectivity index (χ4v) is 2.14. The van der Waals surface area contributed by atoms with Crippen LogP contribution in [0.2, 0.25) is 0 Å². The van der Waals surface area contributed by atoms with Gasteiger partial charge in [-0.25, -0.2) is 0 Å². The number of allylic oxidation sites excluding steroid dienone is 2. The summed E-state index contributed by atoms with van der Waals surface area (Å²) in [7, 11) is 0. The summed E-state index contributed by atoms with van der Waals surface area (Å²) in [6.07, 6.45) is 0. The second-order valence-corrected chi connectivity index (χ2v) is 4.15. The highest BCUT2D eigenvalue weighted by Crippen LogP contribution is 2.29. The molecular weight excluding hydrogens is 230 g/mol. The molecule has 1 aromatic rings. The maximum absolute atomic E-state index is 11.0. The van der Waals surface area contributed by atoms with E-state index in [0.717, 1.165) is 22.6 Å². The average Bonchev–Trinajstić information content (AvgIpc) is 2.68. The van der Waals surface area contributed by atoms with Crippen molar-refractivity contribution in [3.8, 4) is 0 Å². The van der Waals surface area contributed by atoms with E-state index in [1.807, 2.05) is 20.8 Å². The number of hydrogen-bond acceptors (Lipinski definition) is 4. The van der Waals surface area contributed by atoms with Crippen LogP contribution in [0, 0.1) is 10.1 Å². The number of nitro groups is 1. The molecule has 1 aliphatic rings. The van der Waals surface area contributed by atoms with Gasteiger partial charge in [0.15, 0.2) is 0 Å². The zero-order valence-corrected chi connectivity index (χ0v) is 10.5. The van der Waals surface area contributed by atoms with Crippen molar-refractivity contribution in [2.45, 2.75) is 20.8 Å². The number of rotatable bonds is 2. The minimum absolute atomic E-state index is 0.106. The van der Waals surface area contributed by atoms with E-state index in [1.54, 1.807) is 18.2 Å². The van der Waals surface area contributed by atoms with Crippen LogP contribution in [-0.4, -0.2) is 16.3 Å². The molecule has 2 rings (SSSR count). The van der Waals surface area contributed by atoms with E-state index >= 15 is 0 Å². The Morgan fingerprint density at radius 2 is 1.72 bits per heavy atom. The third kappa shape index (κ3) is 1.95. The minimum atomic E-state index is -0.368. The number of nitrogens with zero attached hydrogens (tertiary/aromatic N) is 3. The molecule has 0 aromatic heterocycles. The van der Waals surface area contributed by atoms with E-state index in [-0.39, 0.29) is 10.6 Å². The summed E-state index contributed by atoms with van der Waals surface area (Å²) in [5.41, 5.74) is 4.04. The monoisotopic (exact) mass is 243 g/mol. The lowest BCUT2D eigenvalue weighted by Gasteiger charge is -2.08. The molecule has 5 heteroatoms. The highest BCUT2D eigenvalue weighted by atomic mass is 16.6. The fourth-order valence-electron chi connectivity index (χ4n) is 2.14. The van der Waals surface area contributed by atoms with Gasteiger partial charge in [-0.15, -0.1) is 0 Å². The number of para-hydroxylation sites is 1. The second-order valence-electron chi connectivity index (χ2n) is 4.15. The van der Waals surface area contributed by atoms with Crippen LogP contribution in [0.15, 0.2) is 40.0 Å². The highest BCUT2D eigenvalue weighted by Gasteiger charge is 2.21. The fraction of sp³-hybridized carbons (Fsp3) is 0.231. The Kier molecular flexibility index (Phi) is 3.06. The first-order valence-corrected chi connectivity index (χ1v) is 5.56. The molecule has 0 saturated carbocycles. The van der Waals surface area contributed by atoms with Gasteiger partial charge in [0.2, 0.25) is 0 Å².